The predicted octanol–water partition coefficient (Wildman–Crippen LogP) is 2.95. The van der Waals surface area contributed by atoms with E-state index in [-0.39, 0.29) is 0 Å². The second-order valence-corrected chi connectivity index (χ2v) is 6.24. The molecule has 1 aromatic carbocycles. The number of nitrogens with zero attached hydrogens (tertiary/aromatic N) is 2. The molecule has 0 unspecified atom stereocenters. The summed E-state index contributed by atoms with van der Waals surface area (Å²) in [5.74, 6) is 0. The Morgan fingerprint density at radius 1 is 1.38 bits per heavy atom. The van der Waals surface area contributed by atoms with Gasteiger partial charge in [-0.15, -0.1) is 11.3 Å². The van der Waals surface area contributed by atoms with Crippen molar-refractivity contribution in [1.82, 2.24) is 10.3 Å². The van der Waals surface area contributed by atoms with Crippen molar-refractivity contribution >= 4 is 16.5 Å². The summed E-state index contributed by atoms with van der Waals surface area (Å²) in [5, 5.41) is 4.22. The molecule has 0 aliphatic rings. The van der Waals surface area contributed by atoms with Crippen molar-refractivity contribution in [2.45, 2.75) is 26.6 Å². The van der Waals surface area contributed by atoms with Crippen LogP contribution in [-0.2, 0) is 24.4 Å². The van der Waals surface area contributed by atoms with Gasteiger partial charge in [-0.3, -0.25) is 0 Å². The van der Waals surface area contributed by atoms with Crippen molar-refractivity contribution in [3.8, 4) is 0 Å². The van der Waals surface area contributed by atoms with Gasteiger partial charge in [0.15, 0.2) is 5.13 Å². The van der Waals surface area contributed by atoms with Crippen LogP contribution in [0.15, 0.2) is 24.3 Å². The van der Waals surface area contributed by atoms with Crippen LogP contribution in [0.3, 0.4) is 0 Å². The Kier molecular flexibility index (Phi) is 5.73. The number of hydrogen-bond donors (Lipinski definition) is 1. The Hall–Kier alpha value is -1.43. The quantitative estimate of drug-likeness (QED) is 0.853. The zero-order valence-electron chi connectivity index (χ0n) is 13.1. The Labute approximate surface area is 130 Å². The Bertz CT molecular complexity index is 559. The van der Waals surface area contributed by atoms with Crippen LogP contribution in [0.1, 0.15) is 21.7 Å². The molecule has 0 atom stereocenters. The number of hydrogen-bond acceptors (Lipinski definition) is 5. The number of nitrogens with one attached hydrogen (secondary N) is 1. The molecule has 0 fully saturated rings. The molecule has 2 aromatic rings. The van der Waals surface area contributed by atoms with Crippen LogP contribution in [0.2, 0.25) is 0 Å². The molecule has 1 N–H and O–H groups in total. The van der Waals surface area contributed by atoms with Gasteiger partial charge in [0.25, 0.3) is 0 Å². The first-order valence-electron chi connectivity index (χ1n) is 7.03. The molecule has 0 radical (unpaired) electrons. The second kappa shape index (κ2) is 7.54. The number of anilines is 1. The molecule has 0 spiro atoms. The third-order valence-electron chi connectivity index (χ3n) is 3.21. The van der Waals surface area contributed by atoms with E-state index in [4.69, 9.17) is 9.72 Å². The fourth-order valence-corrected chi connectivity index (χ4v) is 3.27. The van der Waals surface area contributed by atoms with Gasteiger partial charge < -0.3 is 15.0 Å². The molecule has 4 nitrogen and oxygen atoms in total. The highest BCUT2D eigenvalue weighted by Gasteiger charge is 2.13. The van der Waals surface area contributed by atoms with Crippen molar-refractivity contribution in [2.24, 2.45) is 0 Å². The molecule has 0 aliphatic carbocycles. The van der Waals surface area contributed by atoms with Gasteiger partial charge in [-0.2, -0.15) is 0 Å². The molecular weight excluding hydrogens is 282 g/mol. The molecule has 21 heavy (non-hydrogen) atoms. The number of aryl methyl sites for hydroxylation is 1. The van der Waals surface area contributed by atoms with Crippen LogP contribution in [-0.4, -0.2) is 26.2 Å². The molecule has 0 aliphatic heterocycles. The first kappa shape index (κ1) is 15.9. The van der Waals surface area contributed by atoms with E-state index in [1.807, 2.05) is 7.05 Å². The Balaban J connectivity index is 2.14. The molecule has 0 bridgehead atoms. The van der Waals surface area contributed by atoms with E-state index in [1.54, 1.807) is 18.4 Å². The predicted molar refractivity (Wildman–Crippen MR) is 88.9 cm³/mol. The van der Waals surface area contributed by atoms with E-state index in [9.17, 15) is 0 Å². The number of methoxy groups -OCH3 is 1. The van der Waals surface area contributed by atoms with Crippen LogP contribution < -0.4 is 10.2 Å². The largest absolute Gasteiger partial charge is 0.378 e. The third kappa shape index (κ3) is 4.27. The zero-order valence-corrected chi connectivity index (χ0v) is 14.0. The fraction of sp³-hybridized carbons (Fsp3) is 0.438. The lowest BCUT2D eigenvalue weighted by atomic mass is 10.1. The Morgan fingerprint density at radius 2 is 2.19 bits per heavy atom. The van der Waals surface area contributed by atoms with Crippen LogP contribution in [0.5, 0.6) is 0 Å². The summed E-state index contributed by atoms with van der Waals surface area (Å²) in [6.07, 6.45) is 0. The highest BCUT2D eigenvalue weighted by atomic mass is 32.1. The number of thiazole rings is 1. The summed E-state index contributed by atoms with van der Waals surface area (Å²) in [6, 6.07) is 8.59. The number of aromatic nitrogens is 1. The minimum absolute atomic E-state index is 0.561. The SMILES string of the molecule is CNCc1sc(N(C)Cc2cccc(C)c2)nc1COC. The van der Waals surface area contributed by atoms with Gasteiger partial charge in [-0.05, 0) is 19.5 Å². The average Bonchev–Trinajstić information content (AvgIpc) is 2.83. The highest BCUT2D eigenvalue weighted by molar-refractivity contribution is 7.15. The van der Waals surface area contributed by atoms with E-state index in [0.29, 0.717) is 6.61 Å². The summed E-state index contributed by atoms with van der Waals surface area (Å²) in [5.41, 5.74) is 3.62. The third-order valence-corrected chi connectivity index (χ3v) is 4.43. The number of benzene rings is 1. The first-order valence-corrected chi connectivity index (χ1v) is 7.84. The van der Waals surface area contributed by atoms with Gasteiger partial charge in [0.05, 0.1) is 12.3 Å². The summed E-state index contributed by atoms with van der Waals surface area (Å²) in [4.78, 5) is 8.15. The standard InChI is InChI=1S/C16H23N3OS/c1-12-6-5-7-13(8-12)10-19(3)16-18-14(11-20-4)15(21-16)9-17-2/h5-8,17H,9-11H2,1-4H3. The van der Waals surface area contributed by atoms with Crippen molar-refractivity contribution < 1.29 is 4.74 Å². The van der Waals surface area contributed by atoms with E-state index in [1.165, 1.54) is 16.0 Å². The molecule has 0 amide bonds. The molecule has 1 heterocycles. The van der Waals surface area contributed by atoms with Crippen LogP contribution >= 0.6 is 11.3 Å². The molecule has 0 saturated carbocycles. The minimum atomic E-state index is 0.561. The van der Waals surface area contributed by atoms with Crippen molar-refractivity contribution in [1.29, 1.82) is 0 Å². The van der Waals surface area contributed by atoms with E-state index in [0.717, 1.165) is 23.9 Å². The van der Waals surface area contributed by atoms with Crippen LogP contribution in [0.4, 0.5) is 5.13 Å². The number of rotatable bonds is 7. The first-order chi connectivity index (χ1) is 10.1. The molecule has 1 aromatic heterocycles. The lowest BCUT2D eigenvalue weighted by Crippen LogP contribution is -2.16. The lowest BCUT2D eigenvalue weighted by molar-refractivity contribution is 0.181. The summed E-state index contributed by atoms with van der Waals surface area (Å²) < 4.78 is 5.24. The van der Waals surface area contributed by atoms with Crippen LogP contribution in [0, 0.1) is 6.92 Å². The van der Waals surface area contributed by atoms with Gasteiger partial charge >= 0.3 is 0 Å². The van der Waals surface area contributed by atoms with E-state index < -0.39 is 0 Å². The minimum Gasteiger partial charge on any atom is -0.378 e. The normalized spacial score (nSPS) is 10.9. The zero-order chi connectivity index (χ0) is 15.2. The fourth-order valence-electron chi connectivity index (χ4n) is 2.23. The molecular formula is C16H23N3OS. The lowest BCUT2D eigenvalue weighted by Gasteiger charge is -2.16. The van der Waals surface area contributed by atoms with Gasteiger partial charge in [0.2, 0.25) is 0 Å². The van der Waals surface area contributed by atoms with E-state index >= 15 is 0 Å². The van der Waals surface area contributed by atoms with Crippen molar-refractivity contribution in [2.75, 3.05) is 26.1 Å². The van der Waals surface area contributed by atoms with Crippen molar-refractivity contribution in [3.63, 3.8) is 0 Å². The molecule has 2 rings (SSSR count). The van der Waals surface area contributed by atoms with E-state index in [2.05, 4.69) is 48.5 Å². The summed E-state index contributed by atoms with van der Waals surface area (Å²) >= 11 is 1.73. The smallest absolute Gasteiger partial charge is 0.185 e. The molecule has 5 heteroatoms. The van der Waals surface area contributed by atoms with Gasteiger partial charge in [-0.1, -0.05) is 29.8 Å². The number of ether oxygens (including phenoxy) is 1. The topological polar surface area (TPSA) is 37.4 Å². The highest BCUT2D eigenvalue weighted by Crippen LogP contribution is 2.27. The van der Waals surface area contributed by atoms with Gasteiger partial charge in [0.1, 0.15) is 0 Å². The maximum atomic E-state index is 5.24. The monoisotopic (exact) mass is 305 g/mol. The van der Waals surface area contributed by atoms with Gasteiger partial charge in [0, 0.05) is 32.1 Å². The molecule has 114 valence electrons. The maximum absolute atomic E-state index is 5.24. The molecule has 0 saturated heterocycles. The average molecular weight is 305 g/mol. The summed E-state index contributed by atoms with van der Waals surface area (Å²) in [6.45, 7) is 4.37. The second-order valence-electron chi connectivity index (χ2n) is 5.17. The Morgan fingerprint density at radius 3 is 2.86 bits per heavy atom. The maximum Gasteiger partial charge on any atom is 0.185 e. The summed E-state index contributed by atoms with van der Waals surface area (Å²) in [7, 11) is 5.74. The van der Waals surface area contributed by atoms with Gasteiger partial charge in [-0.25, -0.2) is 4.98 Å². The van der Waals surface area contributed by atoms with Crippen LogP contribution in [0.25, 0.3) is 0 Å². The van der Waals surface area contributed by atoms with Crippen molar-refractivity contribution in [3.05, 3.63) is 46.0 Å².